The highest BCUT2D eigenvalue weighted by molar-refractivity contribution is 7.89. The molecule has 2 fully saturated rings. The second-order valence-electron chi connectivity index (χ2n) is 7.94. The average Bonchev–Trinajstić information content (AvgIpc) is 3.08. The zero-order chi connectivity index (χ0) is 21.5. The molecule has 2 N–H and O–H groups in total. The lowest BCUT2D eigenvalue weighted by Crippen LogP contribution is -2.47. The number of thiazole rings is 1. The first-order valence-corrected chi connectivity index (χ1v) is 12.2. The number of sulfonamides is 1. The van der Waals surface area contributed by atoms with Crippen LogP contribution in [0.4, 0.5) is 0 Å². The number of hydrogen-bond acceptors (Lipinski definition) is 10. The van der Waals surface area contributed by atoms with Gasteiger partial charge in [0.1, 0.15) is 0 Å². The number of nitrogens with zero attached hydrogens (tertiary/aromatic N) is 3. The van der Waals surface area contributed by atoms with Crippen molar-refractivity contribution in [2.75, 3.05) is 33.0 Å². The largest absolute Gasteiger partial charge is 0.466 e. The summed E-state index contributed by atoms with van der Waals surface area (Å²) in [5, 5.41) is 5.72. The minimum atomic E-state index is -3.65. The van der Waals surface area contributed by atoms with Crippen LogP contribution in [-0.2, 0) is 24.3 Å². The number of esters is 1. The Labute approximate surface area is 178 Å². The average molecular weight is 454 g/mol. The zero-order valence-corrected chi connectivity index (χ0v) is 18.3. The Morgan fingerprint density at radius 3 is 2.80 bits per heavy atom. The predicted octanol–water partition coefficient (Wildman–Crippen LogP) is -0.150. The third kappa shape index (κ3) is 4.40. The summed E-state index contributed by atoms with van der Waals surface area (Å²) in [6.45, 7) is 1.08. The second kappa shape index (κ2) is 7.75. The van der Waals surface area contributed by atoms with Crippen molar-refractivity contribution in [1.82, 2.24) is 19.9 Å². The number of amides is 1. The molecule has 1 spiro atoms. The van der Waals surface area contributed by atoms with Gasteiger partial charge in [0.15, 0.2) is 10.8 Å². The smallest absolute Gasteiger partial charge is 0.337 e. The van der Waals surface area contributed by atoms with E-state index in [2.05, 4.69) is 20.0 Å². The van der Waals surface area contributed by atoms with Crippen LogP contribution in [0.5, 0.6) is 0 Å². The predicted molar refractivity (Wildman–Crippen MR) is 110 cm³/mol. The number of carbonyl (C=O) groups is 2. The van der Waals surface area contributed by atoms with E-state index in [1.807, 2.05) is 10.3 Å². The molecule has 1 aromatic heterocycles. The van der Waals surface area contributed by atoms with Crippen molar-refractivity contribution in [3.05, 3.63) is 27.9 Å². The summed E-state index contributed by atoms with van der Waals surface area (Å²) in [7, 11) is -2.34. The molecule has 1 aromatic rings. The number of methoxy groups -OCH3 is 1. The second-order valence-corrected chi connectivity index (χ2v) is 10.6. The van der Waals surface area contributed by atoms with Crippen molar-refractivity contribution in [2.24, 2.45) is 10.4 Å². The number of ether oxygens (including phenoxy) is 1. The Hall–Kier alpha value is -2.31. The van der Waals surface area contributed by atoms with Crippen molar-refractivity contribution in [2.45, 2.75) is 25.3 Å². The lowest BCUT2D eigenvalue weighted by Gasteiger charge is -2.28. The quantitative estimate of drug-likeness (QED) is 0.569. The van der Waals surface area contributed by atoms with Crippen LogP contribution in [0.15, 0.2) is 27.8 Å². The summed E-state index contributed by atoms with van der Waals surface area (Å²) < 4.78 is 30.2. The van der Waals surface area contributed by atoms with E-state index < -0.39 is 27.9 Å². The van der Waals surface area contributed by atoms with E-state index in [9.17, 15) is 18.0 Å². The summed E-state index contributed by atoms with van der Waals surface area (Å²) in [5.41, 5.74) is 1.03. The van der Waals surface area contributed by atoms with Gasteiger partial charge in [0.2, 0.25) is 10.0 Å². The highest BCUT2D eigenvalue weighted by Crippen LogP contribution is 2.54. The van der Waals surface area contributed by atoms with E-state index >= 15 is 0 Å². The normalized spacial score (nSPS) is 23.1. The van der Waals surface area contributed by atoms with Gasteiger partial charge in [0.25, 0.3) is 5.91 Å². The van der Waals surface area contributed by atoms with Crippen molar-refractivity contribution in [3.8, 4) is 0 Å². The van der Waals surface area contributed by atoms with E-state index in [1.54, 1.807) is 6.20 Å². The molecule has 12 heteroatoms. The number of aromatic nitrogens is 1. The first-order chi connectivity index (χ1) is 14.2. The highest BCUT2D eigenvalue weighted by atomic mass is 32.2. The van der Waals surface area contributed by atoms with Crippen molar-refractivity contribution in [1.29, 1.82) is 0 Å². The van der Waals surface area contributed by atoms with Gasteiger partial charge in [-0.05, 0) is 24.7 Å². The molecule has 162 valence electrons. The number of aliphatic imine (C=N–C) groups is 1. The molecule has 2 aliphatic heterocycles. The molecular formula is C18H23N5O5S2. The van der Waals surface area contributed by atoms with Crippen LogP contribution in [0.3, 0.4) is 0 Å². The van der Waals surface area contributed by atoms with Gasteiger partial charge < -0.3 is 10.1 Å². The first kappa shape index (κ1) is 20.9. The molecule has 1 saturated carbocycles. The van der Waals surface area contributed by atoms with Crippen LogP contribution in [0.1, 0.15) is 24.3 Å². The van der Waals surface area contributed by atoms with Gasteiger partial charge in [-0.25, -0.2) is 18.2 Å². The topological polar surface area (TPSA) is 130 Å². The molecule has 3 heterocycles. The summed E-state index contributed by atoms with van der Waals surface area (Å²) in [5.74, 6) is -0.465. The Morgan fingerprint density at radius 2 is 2.20 bits per heavy atom. The third-order valence-electron chi connectivity index (χ3n) is 5.61. The van der Waals surface area contributed by atoms with Gasteiger partial charge in [-0.1, -0.05) is 0 Å². The summed E-state index contributed by atoms with van der Waals surface area (Å²) in [4.78, 5) is 35.6. The molecule has 10 nitrogen and oxygen atoms in total. The maximum absolute atomic E-state index is 12.7. The number of carbonyl (C=O) groups excluding carboxylic acids is 2. The van der Waals surface area contributed by atoms with Gasteiger partial charge >= 0.3 is 5.97 Å². The van der Waals surface area contributed by atoms with Gasteiger partial charge in [0, 0.05) is 30.4 Å². The van der Waals surface area contributed by atoms with Crippen molar-refractivity contribution in [3.63, 3.8) is 0 Å². The summed E-state index contributed by atoms with van der Waals surface area (Å²) >= 11 is 1.42. The van der Waals surface area contributed by atoms with E-state index in [-0.39, 0.29) is 18.5 Å². The molecule has 3 aliphatic rings. The molecule has 1 amide bonds. The zero-order valence-electron chi connectivity index (χ0n) is 16.7. The minimum absolute atomic E-state index is 0.0480. The van der Waals surface area contributed by atoms with Gasteiger partial charge in [-0.3, -0.25) is 19.4 Å². The van der Waals surface area contributed by atoms with Crippen molar-refractivity contribution < 1.29 is 22.7 Å². The standard InChI is InChI=1S/C18H23N5O5S2/c1-28-17(25)11-8-20-14(16-19-5-6-29-16)21-12(11)9-23-10-18(3-4-18)7-13(23)15(24)22-30(2,26)27/h5-6,13H,3-4,7-10H2,1-2H3,(H,20,21)(H,22,24). The summed E-state index contributed by atoms with van der Waals surface area (Å²) in [6.07, 6.45) is 5.26. The number of nitrogens with one attached hydrogen (secondary N) is 2. The molecule has 1 unspecified atom stereocenters. The van der Waals surface area contributed by atoms with Crippen LogP contribution in [0.2, 0.25) is 0 Å². The van der Waals surface area contributed by atoms with E-state index in [1.165, 1.54) is 18.4 Å². The molecule has 0 aromatic carbocycles. The minimum Gasteiger partial charge on any atom is -0.466 e. The Bertz CT molecular complexity index is 1030. The summed E-state index contributed by atoms with van der Waals surface area (Å²) in [6, 6.07) is -0.586. The van der Waals surface area contributed by atoms with E-state index in [4.69, 9.17) is 4.74 Å². The fourth-order valence-corrected chi connectivity index (χ4v) is 5.08. The maximum atomic E-state index is 12.7. The molecule has 0 bridgehead atoms. The van der Waals surface area contributed by atoms with Gasteiger partial charge in [-0.15, -0.1) is 11.3 Å². The van der Waals surface area contributed by atoms with Crippen LogP contribution in [0, 0.1) is 5.41 Å². The maximum Gasteiger partial charge on any atom is 0.337 e. The number of rotatable bonds is 6. The van der Waals surface area contributed by atoms with Crippen LogP contribution < -0.4 is 10.0 Å². The Balaban J connectivity index is 1.58. The van der Waals surface area contributed by atoms with E-state index in [0.29, 0.717) is 35.1 Å². The highest BCUT2D eigenvalue weighted by Gasteiger charge is 2.54. The fraction of sp³-hybridized carbons (Fsp3) is 0.556. The lowest BCUT2D eigenvalue weighted by molar-refractivity contribution is -0.136. The first-order valence-electron chi connectivity index (χ1n) is 9.47. The Kier molecular flexibility index (Phi) is 5.41. The SMILES string of the molecule is COC(=O)C1=C(CN2CC3(CC3)CC2C(=O)NS(C)(=O)=O)NC(c2nccs2)=NC1. The Morgan fingerprint density at radius 1 is 1.43 bits per heavy atom. The number of amidine groups is 1. The third-order valence-corrected chi connectivity index (χ3v) is 6.96. The monoisotopic (exact) mass is 453 g/mol. The van der Waals surface area contributed by atoms with Crippen LogP contribution >= 0.6 is 11.3 Å². The molecular weight excluding hydrogens is 430 g/mol. The lowest BCUT2D eigenvalue weighted by atomic mass is 10.0. The molecule has 0 radical (unpaired) electrons. The molecule has 1 saturated heterocycles. The van der Waals surface area contributed by atoms with Crippen LogP contribution in [0.25, 0.3) is 0 Å². The van der Waals surface area contributed by atoms with Crippen LogP contribution in [-0.4, -0.2) is 75.1 Å². The number of hydrogen-bond donors (Lipinski definition) is 2. The molecule has 4 rings (SSSR count). The fourth-order valence-electron chi connectivity index (χ4n) is 3.98. The van der Waals surface area contributed by atoms with E-state index in [0.717, 1.165) is 19.1 Å². The molecule has 1 atom stereocenters. The number of likely N-dealkylation sites (tertiary alicyclic amines) is 1. The van der Waals surface area contributed by atoms with Gasteiger partial charge in [-0.2, -0.15) is 0 Å². The molecule has 30 heavy (non-hydrogen) atoms. The van der Waals surface area contributed by atoms with Crippen molar-refractivity contribution >= 4 is 39.1 Å². The molecule has 1 aliphatic carbocycles. The van der Waals surface area contributed by atoms with Gasteiger partial charge in [0.05, 0.1) is 31.5 Å².